The number of alkyl halides is 3. The molecule has 0 aromatic heterocycles. The number of benzene rings is 1. The lowest BCUT2D eigenvalue weighted by Gasteiger charge is -2.23. The summed E-state index contributed by atoms with van der Waals surface area (Å²) in [5.74, 6) is 0.348. The molecule has 2 N–H and O–H groups in total. The molecule has 0 bridgehead atoms. The largest absolute Gasteiger partial charge is 0.416 e. The highest BCUT2D eigenvalue weighted by Crippen LogP contribution is 2.30. The highest BCUT2D eigenvalue weighted by Gasteiger charge is 2.30. The maximum Gasteiger partial charge on any atom is 0.416 e. The minimum atomic E-state index is -4.33. The van der Waals surface area contributed by atoms with Gasteiger partial charge in [-0.1, -0.05) is 12.1 Å². The Morgan fingerprint density at radius 1 is 1.27 bits per heavy atom. The minimum absolute atomic E-state index is 0.0423. The number of hydrogen-bond donors (Lipinski definition) is 2. The summed E-state index contributed by atoms with van der Waals surface area (Å²) in [4.78, 5) is 12.0. The van der Waals surface area contributed by atoms with E-state index < -0.39 is 11.7 Å². The van der Waals surface area contributed by atoms with Crippen LogP contribution in [0.3, 0.4) is 0 Å². The molecule has 1 atom stereocenters. The maximum atomic E-state index is 12.5. The molecule has 1 aromatic rings. The van der Waals surface area contributed by atoms with Gasteiger partial charge < -0.3 is 10.6 Å². The Kier molecular flexibility index (Phi) is 5.45. The zero-order valence-corrected chi connectivity index (χ0v) is 12.5. The lowest BCUT2D eigenvalue weighted by molar-refractivity contribution is -0.137. The highest BCUT2D eigenvalue weighted by atomic mass is 19.4. The zero-order chi connectivity index (χ0) is 16.2. The van der Waals surface area contributed by atoms with Crippen LogP contribution in [-0.4, -0.2) is 19.0 Å². The summed E-state index contributed by atoms with van der Waals surface area (Å²) in [5, 5.41) is 6.11. The molecule has 1 aromatic carbocycles. The van der Waals surface area contributed by atoms with Crippen LogP contribution in [0.4, 0.5) is 13.2 Å². The Bertz CT molecular complexity index is 493. The Balaban J connectivity index is 1.88. The van der Waals surface area contributed by atoms with Gasteiger partial charge in [-0.25, -0.2) is 0 Å². The smallest absolute Gasteiger partial charge is 0.350 e. The Hall–Kier alpha value is -1.56. The summed E-state index contributed by atoms with van der Waals surface area (Å²) in [7, 11) is 0. The van der Waals surface area contributed by atoms with Crippen molar-refractivity contribution in [2.75, 3.05) is 13.1 Å². The van der Waals surface area contributed by atoms with Gasteiger partial charge in [0, 0.05) is 6.42 Å². The van der Waals surface area contributed by atoms with Crippen molar-refractivity contribution in [1.29, 1.82) is 0 Å². The number of amides is 1. The van der Waals surface area contributed by atoms with E-state index in [-0.39, 0.29) is 11.9 Å². The fraction of sp³-hybridized carbons (Fsp3) is 0.562. The molecule has 0 spiro atoms. The third kappa shape index (κ3) is 4.73. The molecule has 6 heteroatoms. The SMILES string of the molecule is CC(NC(=O)CC1CCNCC1)c1ccc(C(F)(F)F)cc1. The molecule has 122 valence electrons. The summed E-state index contributed by atoms with van der Waals surface area (Å²) in [5.41, 5.74) is -0.00357. The van der Waals surface area contributed by atoms with Gasteiger partial charge in [0.05, 0.1) is 11.6 Å². The van der Waals surface area contributed by atoms with Crippen molar-refractivity contribution < 1.29 is 18.0 Å². The average Bonchev–Trinajstić information content (AvgIpc) is 2.47. The molecular formula is C16H21F3N2O. The minimum Gasteiger partial charge on any atom is -0.350 e. The van der Waals surface area contributed by atoms with E-state index >= 15 is 0 Å². The standard InChI is InChI=1S/C16H21F3N2O/c1-11(13-2-4-14(5-3-13)16(17,18)19)21-15(22)10-12-6-8-20-9-7-12/h2-5,11-12,20H,6-10H2,1H3,(H,21,22). The first-order valence-corrected chi connectivity index (χ1v) is 7.53. The van der Waals surface area contributed by atoms with Gasteiger partial charge in [-0.15, -0.1) is 0 Å². The molecule has 1 unspecified atom stereocenters. The second kappa shape index (κ2) is 7.13. The average molecular weight is 314 g/mol. The second-order valence-corrected chi connectivity index (χ2v) is 5.81. The molecule has 2 rings (SSSR count). The fourth-order valence-electron chi connectivity index (χ4n) is 2.69. The second-order valence-electron chi connectivity index (χ2n) is 5.81. The number of carbonyl (C=O) groups excluding carboxylic acids is 1. The molecule has 1 aliphatic rings. The molecule has 1 heterocycles. The van der Waals surface area contributed by atoms with Crippen LogP contribution in [0, 0.1) is 5.92 Å². The van der Waals surface area contributed by atoms with Gasteiger partial charge in [0.1, 0.15) is 0 Å². The number of piperidine rings is 1. The van der Waals surface area contributed by atoms with Gasteiger partial charge in [-0.2, -0.15) is 13.2 Å². The quantitative estimate of drug-likeness (QED) is 0.895. The monoisotopic (exact) mass is 314 g/mol. The van der Waals surface area contributed by atoms with Crippen molar-refractivity contribution in [3.8, 4) is 0 Å². The van der Waals surface area contributed by atoms with E-state index in [2.05, 4.69) is 10.6 Å². The predicted molar refractivity (Wildman–Crippen MR) is 78.2 cm³/mol. The number of rotatable bonds is 4. The molecule has 0 radical (unpaired) electrons. The molecule has 0 aliphatic carbocycles. The van der Waals surface area contributed by atoms with E-state index in [4.69, 9.17) is 0 Å². The Morgan fingerprint density at radius 3 is 2.41 bits per heavy atom. The molecule has 1 saturated heterocycles. The summed E-state index contributed by atoms with van der Waals surface area (Å²) < 4.78 is 37.5. The van der Waals surface area contributed by atoms with Gasteiger partial charge in [-0.05, 0) is 56.5 Å². The zero-order valence-electron chi connectivity index (χ0n) is 12.5. The number of hydrogen-bond acceptors (Lipinski definition) is 2. The van der Waals surface area contributed by atoms with Gasteiger partial charge in [0.2, 0.25) is 5.91 Å². The van der Waals surface area contributed by atoms with Crippen LogP contribution in [0.25, 0.3) is 0 Å². The normalized spacial score (nSPS) is 18.0. The third-order valence-electron chi connectivity index (χ3n) is 4.05. The number of carbonyl (C=O) groups is 1. The number of halogens is 3. The van der Waals surface area contributed by atoms with Crippen molar-refractivity contribution in [3.05, 3.63) is 35.4 Å². The predicted octanol–water partition coefficient (Wildman–Crippen LogP) is 3.27. The van der Waals surface area contributed by atoms with Crippen molar-refractivity contribution in [2.24, 2.45) is 5.92 Å². The molecule has 1 amide bonds. The van der Waals surface area contributed by atoms with Crippen LogP contribution in [0.1, 0.15) is 43.4 Å². The first-order valence-electron chi connectivity index (χ1n) is 7.53. The van der Waals surface area contributed by atoms with Crippen LogP contribution in [-0.2, 0) is 11.0 Å². The van der Waals surface area contributed by atoms with Crippen molar-refractivity contribution in [3.63, 3.8) is 0 Å². The molecule has 0 saturated carbocycles. The van der Waals surface area contributed by atoms with Gasteiger partial charge in [0.15, 0.2) is 0 Å². The van der Waals surface area contributed by atoms with Crippen LogP contribution >= 0.6 is 0 Å². The van der Waals surface area contributed by atoms with Crippen molar-refractivity contribution in [1.82, 2.24) is 10.6 Å². The molecule has 1 fully saturated rings. The number of nitrogens with one attached hydrogen (secondary N) is 2. The maximum absolute atomic E-state index is 12.5. The van der Waals surface area contributed by atoms with Crippen molar-refractivity contribution >= 4 is 5.91 Å². The summed E-state index contributed by atoms with van der Waals surface area (Å²) in [6, 6.07) is 4.63. The van der Waals surface area contributed by atoms with E-state index in [9.17, 15) is 18.0 Å². The Morgan fingerprint density at radius 2 is 1.86 bits per heavy atom. The van der Waals surface area contributed by atoms with E-state index in [1.54, 1.807) is 6.92 Å². The fourth-order valence-corrected chi connectivity index (χ4v) is 2.69. The lowest BCUT2D eigenvalue weighted by Crippen LogP contribution is -2.33. The van der Waals surface area contributed by atoms with Crippen molar-refractivity contribution in [2.45, 2.75) is 38.4 Å². The molecule has 1 aliphatic heterocycles. The summed E-state index contributed by atoms with van der Waals surface area (Å²) in [6.45, 7) is 3.65. The third-order valence-corrected chi connectivity index (χ3v) is 4.05. The lowest BCUT2D eigenvalue weighted by atomic mass is 9.94. The van der Waals surface area contributed by atoms with E-state index in [0.717, 1.165) is 38.1 Å². The van der Waals surface area contributed by atoms with Crippen LogP contribution < -0.4 is 10.6 Å². The van der Waals surface area contributed by atoms with Crippen LogP contribution in [0.2, 0.25) is 0 Å². The first kappa shape index (κ1) is 16.8. The molecule has 3 nitrogen and oxygen atoms in total. The Labute approximate surface area is 128 Å². The van der Waals surface area contributed by atoms with Gasteiger partial charge in [-0.3, -0.25) is 4.79 Å². The summed E-state index contributed by atoms with van der Waals surface area (Å²) >= 11 is 0. The molecular weight excluding hydrogens is 293 g/mol. The van der Waals surface area contributed by atoms with E-state index in [1.165, 1.54) is 12.1 Å². The summed E-state index contributed by atoms with van der Waals surface area (Å²) in [6.07, 6.45) is -1.88. The van der Waals surface area contributed by atoms with E-state index in [1.807, 2.05) is 0 Å². The van der Waals surface area contributed by atoms with Gasteiger partial charge >= 0.3 is 6.18 Å². The van der Waals surface area contributed by atoms with E-state index in [0.29, 0.717) is 17.9 Å². The topological polar surface area (TPSA) is 41.1 Å². The van der Waals surface area contributed by atoms with Crippen LogP contribution in [0.5, 0.6) is 0 Å². The first-order chi connectivity index (χ1) is 10.4. The van der Waals surface area contributed by atoms with Gasteiger partial charge in [0.25, 0.3) is 0 Å². The highest BCUT2D eigenvalue weighted by molar-refractivity contribution is 5.76. The van der Waals surface area contributed by atoms with Crippen LogP contribution in [0.15, 0.2) is 24.3 Å². The molecule has 22 heavy (non-hydrogen) atoms.